The molecule has 0 radical (unpaired) electrons. The number of aryl methyl sites for hydroxylation is 1. The molecule has 1 fully saturated rings. The number of aromatic nitrogens is 4. The fourth-order valence-electron chi connectivity index (χ4n) is 4.23. The van der Waals surface area contributed by atoms with E-state index in [4.69, 9.17) is 0 Å². The normalized spacial score (nSPS) is 16.6. The molecule has 3 aromatic rings. The average molecular weight is 432 g/mol. The number of hydrogen-bond acceptors (Lipinski definition) is 6. The molecule has 5 rings (SSSR count). The van der Waals surface area contributed by atoms with E-state index in [1.54, 1.807) is 9.42 Å². The largest absolute Gasteiger partial charge is 0.573 e. The van der Waals surface area contributed by atoms with Crippen molar-refractivity contribution in [2.24, 2.45) is 0 Å². The lowest BCUT2D eigenvalue weighted by Crippen LogP contribution is -2.49. The Morgan fingerprint density at radius 1 is 1.03 bits per heavy atom. The third-order valence-electron chi connectivity index (χ3n) is 5.63. The van der Waals surface area contributed by atoms with Gasteiger partial charge in [0, 0.05) is 37.3 Å². The number of hydrogen-bond donors (Lipinski definition) is 0. The number of nitrogens with zero attached hydrogens (tertiary/aromatic N) is 6. The van der Waals surface area contributed by atoms with Gasteiger partial charge in [-0.25, -0.2) is 4.98 Å². The number of carbonyl (C=O) groups is 1. The average Bonchev–Trinajstić information content (AvgIpc) is 3.40. The van der Waals surface area contributed by atoms with E-state index < -0.39 is 6.36 Å². The van der Waals surface area contributed by atoms with E-state index in [0.29, 0.717) is 37.5 Å². The molecule has 11 heteroatoms. The predicted octanol–water partition coefficient (Wildman–Crippen LogP) is 2.47. The van der Waals surface area contributed by atoms with Crippen molar-refractivity contribution in [1.82, 2.24) is 24.5 Å². The van der Waals surface area contributed by atoms with Crippen molar-refractivity contribution in [3.8, 4) is 5.75 Å². The van der Waals surface area contributed by atoms with Gasteiger partial charge in [-0.15, -0.1) is 13.2 Å². The molecule has 0 spiro atoms. The zero-order valence-electron chi connectivity index (χ0n) is 16.5. The fraction of sp³-hybridized carbons (Fsp3) is 0.400. The third kappa shape index (κ3) is 3.75. The molecule has 3 heterocycles. The first-order valence-corrected chi connectivity index (χ1v) is 10.0. The summed E-state index contributed by atoms with van der Waals surface area (Å²) in [5, 5.41) is 4.34. The van der Waals surface area contributed by atoms with Crippen molar-refractivity contribution >= 4 is 17.5 Å². The molecule has 1 saturated heterocycles. The number of alkyl halides is 3. The van der Waals surface area contributed by atoms with Crippen LogP contribution in [0.2, 0.25) is 0 Å². The van der Waals surface area contributed by atoms with Gasteiger partial charge in [0.2, 0.25) is 0 Å². The number of anilines is 1. The summed E-state index contributed by atoms with van der Waals surface area (Å²) in [7, 11) is 0. The van der Waals surface area contributed by atoms with E-state index in [1.165, 1.54) is 24.0 Å². The molecule has 31 heavy (non-hydrogen) atoms. The second-order valence-corrected chi connectivity index (χ2v) is 7.54. The molecule has 1 aliphatic heterocycles. The fourth-order valence-corrected chi connectivity index (χ4v) is 4.23. The zero-order valence-corrected chi connectivity index (χ0v) is 16.5. The van der Waals surface area contributed by atoms with Crippen LogP contribution in [0.15, 0.2) is 30.6 Å². The van der Waals surface area contributed by atoms with Gasteiger partial charge in [-0.3, -0.25) is 4.79 Å². The zero-order chi connectivity index (χ0) is 21.6. The van der Waals surface area contributed by atoms with E-state index in [2.05, 4.69) is 24.7 Å². The van der Waals surface area contributed by atoms with Gasteiger partial charge in [-0.2, -0.15) is 14.6 Å². The van der Waals surface area contributed by atoms with Crippen LogP contribution in [-0.2, 0) is 12.8 Å². The summed E-state index contributed by atoms with van der Waals surface area (Å²) in [5.74, 6) is 1.01. The Morgan fingerprint density at radius 3 is 2.48 bits per heavy atom. The third-order valence-corrected chi connectivity index (χ3v) is 5.63. The molecule has 0 saturated carbocycles. The second-order valence-electron chi connectivity index (χ2n) is 7.54. The molecule has 1 amide bonds. The molecule has 8 nitrogen and oxygen atoms in total. The van der Waals surface area contributed by atoms with Gasteiger partial charge in [0.1, 0.15) is 17.9 Å². The van der Waals surface area contributed by atoms with Gasteiger partial charge < -0.3 is 14.5 Å². The SMILES string of the molecule is O=C(c1ccc(OC(F)(F)F)cc1)N1CCN(c2c3c(nc4ncnn24)CCC3)CC1. The van der Waals surface area contributed by atoms with Crippen LogP contribution in [0.4, 0.5) is 19.0 Å². The number of benzene rings is 1. The van der Waals surface area contributed by atoms with Crippen LogP contribution in [-0.4, -0.2) is 62.9 Å². The summed E-state index contributed by atoms with van der Waals surface area (Å²) >= 11 is 0. The van der Waals surface area contributed by atoms with Gasteiger partial charge in [-0.1, -0.05) is 0 Å². The van der Waals surface area contributed by atoms with Crippen LogP contribution in [0.3, 0.4) is 0 Å². The molecule has 0 atom stereocenters. The van der Waals surface area contributed by atoms with Crippen LogP contribution in [0.1, 0.15) is 28.0 Å². The van der Waals surface area contributed by atoms with Crippen molar-refractivity contribution in [3.05, 3.63) is 47.4 Å². The monoisotopic (exact) mass is 432 g/mol. The van der Waals surface area contributed by atoms with E-state index in [9.17, 15) is 18.0 Å². The van der Waals surface area contributed by atoms with Crippen LogP contribution in [0.25, 0.3) is 5.78 Å². The van der Waals surface area contributed by atoms with Gasteiger partial charge in [0.25, 0.3) is 11.7 Å². The highest BCUT2D eigenvalue weighted by atomic mass is 19.4. The first-order valence-electron chi connectivity index (χ1n) is 10.0. The molecule has 0 bridgehead atoms. The smallest absolute Gasteiger partial charge is 0.406 e. The minimum absolute atomic E-state index is 0.218. The molecule has 2 aromatic heterocycles. The number of fused-ring (bicyclic) bond motifs is 2. The maximum Gasteiger partial charge on any atom is 0.573 e. The molecule has 0 N–H and O–H groups in total. The number of piperazine rings is 1. The van der Waals surface area contributed by atoms with Crippen LogP contribution >= 0.6 is 0 Å². The number of halogens is 3. The van der Waals surface area contributed by atoms with E-state index in [0.717, 1.165) is 42.9 Å². The Morgan fingerprint density at radius 2 is 1.77 bits per heavy atom. The quantitative estimate of drug-likeness (QED) is 0.633. The first kappa shape index (κ1) is 19.6. The molecule has 1 aliphatic carbocycles. The van der Waals surface area contributed by atoms with Crippen LogP contribution in [0, 0.1) is 0 Å². The Balaban J connectivity index is 1.30. The molecule has 0 unspecified atom stereocenters. The Hall–Kier alpha value is -3.37. The summed E-state index contributed by atoms with van der Waals surface area (Å²) in [6.07, 6.45) is -0.344. The Bertz CT molecular complexity index is 1120. The van der Waals surface area contributed by atoms with Gasteiger partial charge in [-0.05, 0) is 43.5 Å². The topological polar surface area (TPSA) is 75.9 Å². The number of carbonyl (C=O) groups excluding carboxylic acids is 1. The summed E-state index contributed by atoms with van der Waals surface area (Å²) in [6, 6.07) is 5.01. The van der Waals surface area contributed by atoms with Crippen molar-refractivity contribution in [1.29, 1.82) is 0 Å². The lowest BCUT2D eigenvalue weighted by atomic mass is 10.1. The van der Waals surface area contributed by atoms with E-state index in [-0.39, 0.29) is 11.7 Å². The van der Waals surface area contributed by atoms with E-state index >= 15 is 0 Å². The van der Waals surface area contributed by atoms with Crippen LogP contribution in [0.5, 0.6) is 5.75 Å². The highest BCUT2D eigenvalue weighted by Crippen LogP contribution is 2.31. The first-order chi connectivity index (χ1) is 14.9. The minimum Gasteiger partial charge on any atom is -0.406 e. The predicted molar refractivity (Wildman–Crippen MR) is 104 cm³/mol. The molecular formula is C20H19F3N6O2. The molecule has 162 valence electrons. The van der Waals surface area contributed by atoms with Crippen molar-refractivity contribution in [2.45, 2.75) is 25.6 Å². The molecule has 1 aromatic carbocycles. The minimum atomic E-state index is -4.76. The summed E-state index contributed by atoms with van der Waals surface area (Å²) < 4.78 is 42.6. The summed E-state index contributed by atoms with van der Waals surface area (Å²) in [4.78, 5) is 25.5. The second kappa shape index (κ2) is 7.40. The summed E-state index contributed by atoms with van der Waals surface area (Å²) in [5.41, 5.74) is 2.58. The molecular weight excluding hydrogens is 413 g/mol. The number of rotatable bonds is 3. The number of ether oxygens (including phenoxy) is 1. The van der Waals surface area contributed by atoms with Gasteiger partial charge in [0.15, 0.2) is 0 Å². The maximum atomic E-state index is 12.8. The lowest BCUT2D eigenvalue weighted by Gasteiger charge is -2.36. The number of amides is 1. The summed E-state index contributed by atoms with van der Waals surface area (Å²) in [6.45, 7) is 2.22. The van der Waals surface area contributed by atoms with Gasteiger partial charge in [0.05, 0.1) is 5.69 Å². The highest BCUT2D eigenvalue weighted by molar-refractivity contribution is 5.94. The molecule has 2 aliphatic rings. The van der Waals surface area contributed by atoms with Crippen LogP contribution < -0.4 is 9.64 Å². The Labute approximate surface area is 175 Å². The van der Waals surface area contributed by atoms with Crippen molar-refractivity contribution < 1.29 is 22.7 Å². The Kier molecular flexibility index (Phi) is 4.67. The van der Waals surface area contributed by atoms with Crippen molar-refractivity contribution in [3.63, 3.8) is 0 Å². The highest BCUT2D eigenvalue weighted by Gasteiger charge is 2.32. The van der Waals surface area contributed by atoms with Crippen molar-refractivity contribution in [2.75, 3.05) is 31.1 Å². The standard InChI is InChI=1S/C20H19F3N6O2/c21-20(22,23)31-14-6-4-13(5-7-14)18(30)28-10-8-27(9-11-28)17-15-2-1-3-16(15)26-19-24-12-25-29(17)19/h4-7,12H,1-3,8-11H2. The maximum absolute atomic E-state index is 12.8. The van der Waals surface area contributed by atoms with Gasteiger partial charge >= 0.3 is 6.36 Å². The van der Waals surface area contributed by atoms with E-state index in [1.807, 2.05) is 0 Å². The lowest BCUT2D eigenvalue weighted by molar-refractivity contribution is -0.274.